The minimum Gasteiger partial charge on any atom is -1.00 e. The zero-order chi connectivity index (χ0) is 19.5. The number of carbonyl (C=O) groups excluding carboxylic acids is 3. The first kappa shape index (κ1) is 20.8. The van der Waals surface area contributed by atoms with E-state index >= 15 is 0 Å². The summed E-state index contributed by atoms with van der Waals surface area (Å²) >= 11 is 0. The van der Waals surface area contributed by atoms with Crippen LogP contribution in [-0.4, -0.2) is 18.4 Å². The molecule has 1 aromatic heterocycles. The highest BCUT2D eigenvalue weighted by Crippen LogP contribution is 2.31. The predicted octanol–water partition coefficient (Wildman–Crippen LogP) is 0.249. The van der Waals surface area contributed by atoms with E-state index in [2.05, 4.69) is 16.7 Å². The molecule has 0 amide bonds. The largest absolute Gasteiger partial charge is 1.00 e. The third-order valence-corrected chi connectivity index (χ3v) is 5.32. The molecule has 0 saturated carbocycles. The number of nitrogens with zero attached hydrogens (tertiary/aromatic N) is 1. The van der Waals surface area contributed by atoms with Gasteiger partial charge in [-0.25, -0.2) is 4.57 Å². The molecular weight excluding hydrogens is 430 g/mol. The van der Waals surface area contributed by atoms with E-state index in [4.69, 9.17) is 0 Å². The molecule has 4 nitrogen and oxygen atoms in total. The summed E-state index contributed by atoms with van der Waals surface area (Å²) in [5.41, 5.74) is 4.40. The molecule has 0 fully saturated rings. The maximum atomic E-state index is 12.8. The number of aromatic nitrogens is 1. The van der Waals surface area contributed by atoms with Crippen LogP contribution in [0.1, 0.15) is 47.8 Å². The van der Waals surface area contributed by atoms with Crippen LogP contribution >= 0.6 is 0 Å². The van der Waals surface area contributed by atoms with Crippen molar-refractivity contribution < 1.29 is 35.9 Å². The number of pyridine rings is 1. The van der Waals surface area contributed by atoms with Crippen molar-refractivity contribution in [1.82, 2.24) is 0 Å². The van der Waals surface area contributed by atoms with Crippen LogP contribution in [0, 0.1) is 5.92 Å². The molecule has 0 radical (unpaired) electrons. The predicted molar refractivity (Wildman–Crippen MR) is 105 cm³/mol. The third-order valence-electron chi connectivity index (χ3n) is 5.32. The number of fused-ring (bicyclic) bond motifs is 1. The zero-order valence-corrected chi connectivity index (χ0v) is 17.3. The third kappa shape index (κ3) is 4.40. The van der Waals surface area contributed by atoms with Crippen LogP contribution in [0.25, 0.3) is 0 Å². The Morgan fingerprint density at radius 3 is 2.21 bits per heavy atom. The van der Waals surface area contributed by atoms with Gasteiger partial charge in [0.15, 0.2) is 37.3 Å². The summed E-state index contributed by atoms with van der Waals surface area (Å²) < 4.78 is 2.11. The Labute approximate surface area is 180 Å². The molecule has 0 saturated heterocycles. The molecule has 5 heteroatoms. The number of carbonyl (C=O) groups is 3. The van der Waals surface area contributed by atoms with Gasteiger partial charge >= 0.3 is 0 Å². The number of Topliss-reactive ketones (excluding diaryl/α,β-unsaturated/α-hetero) is 1. The quantitative estimate of drug-likeness (QED) is 0.400. The van der Waals surface area contributed by atoms with E-state index in [1.165, 1.54) is 5.56 Å². The van der Waals surface area contributed by atoms with Crippen molar-refractivity contribution in [3.05, 3.63) is 100 Å². The van der Waals surface area contributed by atoms with Gasteiger partial charge in [0.2, 0.25) is 0 Å². The molecule has 1 unspecified atom stereocenters. The Balaban J connectivity index is 0.00000240. The topological polar surface area (TPSA) is 55.1 Å². The van der Waals surface area contributed by atoms with E-state index in [0.717, 1.165) is 17.7 Å². The van der Waals surface area contributed by atoms with E-state index in [9.17, 15) is 14.4 Å². The lowest BCUT2D eigenvalue weighted by Crippen LogP contribution is -3.00. The van der Waals surface area contributed by atoms with Crippen LogP contribution in [-0.2, 0) is 19.4 Å². The Kier molecular flexibility index (Phi) is 6.49. The number of halogens is 1. The smallest absolute Gasteiger partial charge is 0.173 e. The van der Waals surface area contributed by atoms with Crippen LogP contribution in [0.15, 0.2) is 67.0 Å². The van der Waals surface area contributed by atoms with E-state index in [1.807, 2.05) is 42.7 Å². The molecule has 1 heterocycles. The lowest BCUT2D eigenvalue weighted by atomic mass is 9.96. The number of benzene rings is 2. The maximum Gasteiger partial charge on any atom is 0.173 e. The van der Waals surface area contributed by atoms with Crippen LogP contribution in [0.5, 0.6) is 0 Å². The second-order valence-corrected chi connectivity index (χ2v) is 7.21. The first-order valence-corrected chi connectivity index (χ1v) is 9.31. The number of ketones is 1. The van der Waals surface area contributed by atoms with Crippen molar-refractivity contribution in [1.29, 1.82) is 0 Å². The molecule has 1 atom stereocenters. The Hall–Kier alpha value is -2.92. The standard InChI is InChI=1S/C24H20NO3.BrH/c26-15-21-12-19-11-20(24(28)23(19)13-22(21)16-27)10-17-6-8-25(9-7-17)14-18-4-2-1-3-5-18;/h1-9,12-13,15-16,20H,10-11,14H2;1H/q+1;/p-1. The second kappa shape index (κ2) is 9.05. The Morgan fingerprint density at radius 2 is 1.55 bits per heavy atom. The van der Waals surface area contributed by atoms with Crippen molar-refractivity contribution in [3.8, 4) is 0 Å². The fourth-order valence-electron chi connectivity index (χ4n) is 3.83. The summed E-state index contributed by atoms with van der Waals surface area (Å²) in [6, 6.07) is 17.6. The van der Waals surface area contributed by atoms with Gasteiger partial charge in [0.1, 0.15) is 0 Å². The Bertz CT molecular complexity index is 1050. The van der Waals surface area contributed by atoms with E-state index in [-0.39, 0.29) is 34.2 Å². The highest BCUT2D eigenvalue weighted by Gasteiger charge is 2.31. The minimum atomic E-state index is -0.152. The first-order chi connectivity index (χ1) is 13.7. The molecule has 0 aliphatic heterocycles. The van der Waals surface area contributed by atoms with Crippen LogP contribution < -0.4 is 21.5 Å². The van der Waals surface area contributed by atoms with Crippen molar-refractivity contribution in [2.45, 2.75) is 19.4 Å². The van der Waals surface area contributed by atoms with Crippen molar-refractivity contribution >= 4 is 18.4 Å². The monoisotopic (exact) mass is 449 g/mol. The average Bonchev–Trinajstić information content (AvgIpc) is 3.03. The highest BCUT2D eigenvalue weighted by molar-refractivity contribution is 6.05. The summed E-state index contributed by atoms with van der Waals surface area (Å²) in [6.07, 6.45) is 6.62. The summed E-state index contributed by atoms with van der Waals surface area (Å²) in [4.78, 5) is 35.1. The molecule has 3 aromatic rings. The first-order valence-electron chi connectivity index (χ1n) is 9.31. The molecule has 0 N–H and O–H groups in total. The molecule has 146 valence electrons. The molecule has 0 bridgehead atoms. The second-order valence-electron chi connectivity index (χ2n) is 7.21. The van der Waals surface area contributed by atoms with Gasteiger partial charge in [-0.3, -0.25) is 14.4 Å². The van der Waals surface area contributed by atoms with Crippen LogP contribution in [0.2, 0.25) is 0 Å². The fourth-order valence-corrected chi connectivity index (χ4v) is 3.83. The van der Waals surface area contributed by atoms with Crippen molar-refractivity contribution in [3.63, 3.8) is 0 Å². The van der Waals surface area contributed by atoms with Gasteiger partial charge in [-0.15, -0.1) is 0 Å². The van der Waals surface area contributed by atoms with Gasteiger partial charge in [0.25, 0.3) is 0 Å². The van der Waals surface area contributed by atoms with Gasteiger partial charge in [-0.05, 0) is 36.1 Å². The number of hydrogen-bond acceptors (Lipinski definition) is 3. The Morgan fingerprint density at radius 1 is 0.897 bits per heavy atom. The fraction of sp³-hybridized carbons (Fsp3) is 0.167. The molecule has 4 rings (SSSR count). The van der Waals surface area contributed by atoms with Crippen molar-refractivity contribution in [2.24, 2.45) is 5.92 Å². The molecular formula is C24H20BrNO3. The van der Waals surface area contributed by atoms with E-state index in [1.54, 1.807) is 12.1 Å². The minimum absolute atomic E-state index is 0. The van der Waals surface area contributed by atoms with Gasteiger partial charge in [-0.1, -0.05) is 30.3 Å². The van der Waals surface area contributed by atoms with Gasteiger partial charge in [0, 0.05) is 40.3 Å². The summed E-state index contributed by atoms with van der Waals surface area (Å²) in [5, 5.41) is 0. The maximum absolute atomic E-state index is 12.8. The van der Waals surface area contributed by atoms with E-state index in [0.29, 0.717) is 36.5 Å². The molecule has 1 aliphatic rings. The number of hydrogen-bond donors (Lipinski definition) is 0. The van der Waals surface area contributed by atoms with Crippen LogP contribution in [0.4, 0.5) is 0 Å². The summed E-state index contributed by atoms with van der Waals surface area (Å²) in [7, 11) is 0. The lowest BCUT2D eigenvalue weighted by molar-refractivity contribution is -0.688. The summed E-state index contributed by atoms with van der Waals surface area (Å²) in [5.74, 6) is -0.0991. The molecule has 2 aromatic carbocycles. The van der Waals surface area contributed by atoms with E-state index < -0.39 is 0 Å². The molecule has 0 spiro atoms. The van der Waals surface area contributed by atoms with Crippen LogP contribution in [0.3, 0.4) is 0 Å². The lowest BCUT2D eigenvalue weighted by Gasteiger charge is -2.07. The zero-order valence-electron chi connectivity index (χ0n) is 15.8. The van der Waals surface area contributed by atoms with Gasteiger partial charge in [0.05, 0.1) is 0 Å². The molecule has 1 aliphatic carbocycles. The summed E-state index contributed by atoms with van der Waals surface area (Å²) in [6.45, 7) is 0.803. The van der Waals surface area contributed by atoms with Gasteiger partial charge < -0.3 is 17.0 Å². The highest BCUT2D eigenvalue weighted by atomic mass is 79.9. The normalized spacial score (nSPS) is 14.8. The number of rotatable bonds is 6. The molecule has 29 heavy (non-hydrogen) atoms. The SMILES string of the molecule is O=Cc1cc2c(cc1C=O)C(=O)C(Cc1cc[n+](Cc3ccccc3)cc1)C2.[Br-]. The number of aldehydes is 2. The van der Waals surface area contributed by atoms with Gasteiger partial charge in [-0.2, -0.15) is 0 Å². The van der Waals surface area contributed by atoms with Crippen molar-refractivity contribution in [2.75, 3.05) is 0 Å². The average molecular weight is 450 g/mol.